The van der Waals surface area contributed by atoms with Gasteiger partial charge < -0.3 is 10.5 Å². The highest BCUT2D eigenvalue weighted by molar-refractivity contribution is 5.81. The summed E-state index contributed by atoms with van der Waals surface area (Å²) in [4.78, 5) is 13.4. The molecule has 1 aliphatic heterocycles. The summed E-state index contributed by atoms with van der Waals surface area (Å²) < 4.78 is 4.80. The Hall–Kier alpha value is -0.870. The molecule has 0 aromatic rings. The Morgan fingerprint density at radius 3 is 2.75 bits per heavy atom. The number of piperidine rings is 1. The molecule has 16 heavy (non-hydrogen) atoms. The van der Waals surface area contributed by atoms with Crippen LogP contribution in [0.4, 0.5) is 0 Å². The molecule has 1 saturated heterocycles. The normalized spacial score (nSPS) is 19.1. The van der Waals surface area contributed by atoms with Crippen LogP contribution in [0.2, 0.25) is 0 Å². The van der Waals surface area contributed by atoms with Gasteiger partial charge in [-0.25, -0.2) is 4.79 Å². The van der Waals surface area contributed by atoms with Crippen molar-refractivity contribution in [2.24, 2.45) is 11.7 Å². The van der Waals surface area contributed by atoms with Gasteiger partial charge in [0.05, 0.1) is 6.61 Å². The molecule has 0 amide bonds. The number of rotatable bonds is 5. The molecule has 0 saturated carbocycles. The van der Waals surface area contributed by atoms with Gasteiger partial charge in [-0.2, -0.15) is 0 Å². The van der Waals surface area contributed by atoms with Crippen molar-refractivity contribution in [1.29, 1.82) is 0 Å². The van der Waals surface area contributed by atoms with Crippen LogP contribution < -0.4 is 5.73 Å². The first kappa shape index (κ1) is 13.2. The predicted molar refractivity (Wildman–Crippen MR) is 64.0 cm³/mol. The highest BCUT2D eigenvalue weighted by Crippen LogP contribution is 2.15. The Kier molecular flexibility index (Phi) is 6.11. The van der Waals surface area contributed by atoms with E-state index in [9.17, 15) is 4.79 Å². The third-order valence-corrected chi connectivity index (χ3v) is 2.94. The zero-order valence-electron chi connectivity index (χ0n) is 10.0. The van der Waals surface area contributed by atoms with Crippen LogP contribution in [-0.4, -0.2) is 43.7 Å². The van der Waals surface area contributed by atoms with E-state index < -0.39 is 0 Å². The molecular formula is C12H22N2O2. The minimum absolute atomic E-state index is 0.251. The number of hydrogen-bond donors (Lipinski definition) is 1. The first-order valence-electron chi connectivity index (χ1n) is 6.02. The lowest BCUT2D eigenvalue weighted by molar-refractivity contribution is -0.137. The third-order valence-electron chi connectivity index (χ3n) is 2.94. The molecule has 1 aliphatic rings. The first-order chi connectivity index (χ1) is 7.76. The maximum atomic E-state index is 11.0. The zero-order chi connectivity index (χ0) is 11.8. The van der Waals surface area contributed by atoms with Gasteiger partial charge in [0.1, 0.15) is 0 Å². The standard InChI is InChI=1S/C12H22N2O2/c1-2-16-12(15)4-3-7-14-8-5-11(10-13)6-9-14/h3-4,11H,2,5-10,13H2,1H3/b4-3+. The van der Waals surface area contributed by atoms with Crippen LogP contribution in [-0.2, 0) is 9.53 Å². The molecule has 1 rings (SSSR count). The minimum atomic E-state index is -0.251. The molecule has 0 radical (unpaired) electrons. The van der Waals surface area contributed by atoms with Crippen molar-refractivity contribution in [2.45, 2.75) is 19.8 Å². The molecule has 92 valence electrons. The van der Waals surface area contributed by atoms with Gasteiger partial charge in [0, 0.05) is 12.6 Å². The number of carbonyl (C=O) groups excluding carboxylic acids is 1. The van der Waals surface area contributed by atoms with Crippen molar-refractivity contribution in [3.63, 3.8) is 0 Å². The van der Waals surface area contributed by atoms with E-state index in [4.69, 9.17) is 10.5 Å². The Morgan fingerprint density at radius 1 is 1.50 bits per heavy atom. The highest BCUT2D eigenvalue weighted by Gasteiger charge is 2.16. The summed E-state index contributed by atoms with van der Waals surface area (Å²) in [5.74, 6) is 0.435. The van der Waals surface area contributed by atoms with Crippen molar-refractivity contribution in [2.75, 3.05) is 32.8 Å². The van der Waals surface area contributed by atoms with E-state index in [1.807, 2.05) is 13.0 Å². The monoisotopic (exact) mass is 226 g/mol. The van der Waals surface area contributed by atoms with Gasteiger partial charge in [-0.1, -0.05) is 6.08 Å². The number of carbonyl (C=O) groups is 1. The summed E-state index contributed by atoms with van der Waals surface area (Å²) in [6.45, 7) is 6.03. The van der Waals surface area contributed by atoms with Crippen LogP contribution in [0.15, 0.2) is 12.2 Å². The molecule has 0 unspecified atom stereocenters. The van der Waals surface area contributed by atoms with Crippen LogP contribution in [0.3, 0.4) is 0 Å². The number of esters is 1. The number of likely N-dealkylation sites (tertiary alicyclic amines) is 1. The van der Waals surface area contributed by atoms with Gasteiger partial charge in [-0.15, -0.1) is 0 Å². The maximum absolute atomic E-state index is 11.0. The lowest BCUT2D eigenvalue weighted by Gasteiger charge is -2.30. The van der Waals surface area contributed by atoms with E-state index in [2.05, 4.69) is 4.90 Å². The van der Waals surface area contributed by atoms with Crippen LogP contribution in [0.5, 0.6) is 0 Å². The van der Waals surface area contributed by atoms with Gasteiger partial charge in [-0.3, -0.25) is 4.90 Å². The van der Waals surface area contributed by atoms with Crippen LogP contribution >= 0.6 is 0 Å². The Bertz CT molecular complexity index is 233. The number of nitrogens with zero attached hydrogens (tertiary/aromatic N) is 1. The summed E-state index contributed by atoms with van der Waals surface area (Å²) in [6, 6.07) is 0. The Labute approximate surface area is 97.4 Å². The van der Waals surface area contributed by atoms with E-state index in [-0.39, 0.29) is 5.97 Å². The van der Waals surface area contributed by atoms with Gasteiger partial charge in [-0.05, 0) is 45.3 Å². The fourth-order valence-corrected chi connectivity index (χ4v) is 1.89. The van der Waals surface area contributed by atoms with Gasteiger partial charge in [0.25, 0.3) is 0 Å². The van der Waals surface area contributed by atoms with E-state index in [0.29, 0.717) is 12.5 Å². The lowest BCUT2D eigenvalue weighted by atomic mass is 9.97. The van der Waals surface area contributed by atoms with Crippen molar-refractivity contribution in [3.8, 4) is 0 Å². The summed E-state index contributed by atoms with van der Waals surface area (Å²) in [7, 11) is 0. The molecular weight excluding hydrogens is 204 g/mol. The summed E-state index contributed by atoms with van der Waals surface area (Å²) >= 11 is 0. The molecule has 0 spiro atoms. The highest BCUT2D eigenvalue weighted by atomic mass is 16.5. The molecule has 4 nitrogen and oxygen atoms in total. The Morgan fingerprint density at radius 2 is 2.19 bits per heavy atom. The van der Waals surface area contributed by atoms with E-state index in [1.54, 1.807) is 0 Å². The molecule has 2 N–H and O–H groups in total. The van der Waals surface area contributed by atoms with Crippen molar-refractivity contribution < 1.29 is 9.53 Å². The molecule has 0 aromatic carbocycles. The van der Waals surface area contributed by atoms with E-state index in [0.717, 1.165) is 26.2 Å². The van der Waals surface area contributed by atoms with Crippen LogP contribution in [0.1, 0.15) is 19.8 Å². The molecule has 1 fully saturated rings. The molecule has 0 aliphatic carbocycles. The predicted octanol–water partition coefficient (Wildman–Crippen LogP) is 0.776. The lowest BCUT2D eigenvalue weighted by Crippen LogP contribution is -2.36. The second-order valence-corrected chi connectivity index (χ2v) is 4.13. The first-order valence-corrected chi connectivity index (χ1v) is 6.02. The fourth-order valence-electron chi connectivity index (χ4n) is 1.89. The van der Waals surface area contributed by atoms with Gasteiger partial charge >= 0.3 is 5.97 Å². The van der Waals surface area contributed by atoms with Crippen molar-refractivity contribution in [3.05, 3.63) is 12.2 Å². The largest absolute Gasteiger partial charge is 0.463 e. The summed E-state index contributed by atoms with van der Waals surface area (Å²) in [5.41, 5.74) is 5.63. The average Bonchev–Trinajstić information content (AvgIpc) is 2.30. The second-order valence-electron chi connectivity index (χ2n) is 4.13. The molecule has 1 heterocycles. The summed E-state index contributed by atoms with van der Waals surface area (Å²) in [5, 5.41) is 0. The van der Waals surface area contributed by atoms with Gasteiger partial charge in [0.2, 0.25) is 0 Å². The fraction of sp³-hybridized carbons (Fsp3) is 0.750. The zero-order valence-corrected chi connectivity index (χ0v) is 10.0. The quantitative estimate of drug-likeness (QED) is 0.556. The minimum Gasteiger partial charge on any atom is -0.463 e. The smallest absolute Gasteiger partial charge is 0.330 e. The SMILES string of the molecule is CCOC(=O)/C=C/CN1CCC(CN)CC1. The van der Waals surface area contributed by atoms with E-state index >= 15 is 0 Å². The Balaban J connectivity index is 2.17. The van der Waals surface area contributed by atoms with E-state index in [1.165, 1.54) is 18.9 Å². The number of nitrogens with two attached hydrogens (primary N) is 1. The van der Waals surface area contributed by atoms with Crippen LogP contribution in [0.25, 0.3) is 0 Å². The molecule has 0 aromatic heterocycles. The van der Waals surface area contributed by atoms with Crippen LogP contribution in [0, 0.1) is 5.92 Å². The van der Waals surface area contributed by atoms with Crippen molar-refractivity contribution in [1.82, 2.24) is 4.90 Å². The third kappa shape index (κ3) is 4.77. The summed E-state index contributed by atoms with van der Waals surface area (Å²) in [6.07, 6.45) is 5.73. The number of ether oxygens (including phenoxy) is 1. The second kappa shape index (κ2) is 7.41. The molecule has 0 atom stereocenters. The molecule has 4 heteroatoms. The molecule has 0 bridgehead atoms. The van der Waals surface area contributed by atoms with Crippen molar-refractivity contribution >= 4 is 5.97 Å². The van der Waals surface area contributed by atoms with Gasteiger partial charge in [0.15, 0.2) is 0 Å². The maximum Gasteiger partial charge on any atom is 0.330 e. The number of hydrogen-bond acceptors (Lipinski definition) is 4. The topological polar surface area (TPSA) is 55.6 Å². The average molecular weight is 226 g/mol.